The van der Waals surface area contributed by atoms with Gasteiger partial charge >= 0.3 is 0 Å². The van der Waals surface area contributed by atoms with Crippen molar-refractivity contribution in [3.05, 3.63) is 12.2 Å². The zero-order chi connectivity index (χ0) is 13.2. The number of nitrogens with two attached hydrogens (primary N) is 1. The first-order valence-electron chi connectivity index (χ1n) is 6.91. The largest absolute Gasteiger partial charge is 0.326 e. The Morgan fingerprint density at radius 3 is 2.61 bits per heavy atom. The molecule has 0 radical (unpaired) electrons. The first-order chi connectivity index (χ1) is 8.58. The van der Waals surface area contributed by atoms with Gasteiger partial charge in [0.25, 0.3) is 0 Å². The highest BCUT2D eigenvalue weighted by molar-refractivity contribution is 5.01. The maximum Gasteiger partial charge on any atom is 0.138 e. The summed E-state index contributed by atoms with van der Waals surface area (Å²) in [7, 11) is 1.92. The van der Waals surface area contributed by atoms with E-state index in [4.69, 9.17) is 5.73 Å². The SMILES string of the molecule is CCC(C)(C(N)Cc1ncnn1C)N1CCCC1. The fourth-order valence-electron chi connectivity index (χ4n) is 2.87. The minimum Gasteiger partial charge on any atom is -0.326 e. The van der Waals surface area contributed by atoms with Crippen LogP contribution in [0.2, 0.25) is 0 Å². The monoisotopic (exact) mass is 251 g/mol. The average Bonchev–Trinajstić information content (AvgIpc) is 3.01. The summed E-state index contributed by atoms with van der Waals surface area (Å²) in [6.07, 6.45) is 6.06. The van der Waals surface area contributed by atoms with E-state index in [0.717, 1.165) is 18.7 Å². The molecule has 1 aliphatic rings. The summed E-state index contributed by atoms with van der Waals surface area (Å²) < 4.78 is 1.82. The molecule has 2 rings (SSSR count). The topological polar surface area (TPSA) is 60.0 Å². The molecule has 18 heavy (non-hydrogen) atoms. The second kappa shape index (κ2) is 5.36. The second-order valence-corrected chi connectivity index (χ2v) is 5.52. The van der Waals surface area contributed by atoms with E-state index in [1.807, 2.05) is 11.7 Å². The van der Waals surface area contributed by atoms with Crippen LogP contribution in [0.5, 0.6) is 0 Å². The lowest BCUT2D eigenvalue weighted by atomic mass is 9.86. The number of aryl methyl sites for hydroxylation is 1. The van der Waals surface area contributed by atoms with Crippen molar-refractivity contribution >= 4 is 0 Å². The Hall–Kier alpha value is -0.940. The van der Waals surface area contributed by atoms with Gasteiger partial charge in [-0.3, -0.25) is 9.58 Å². The Kier molecular flexibility index (Phi) is 4.02. The number of nitrogens with zero attached hydrogens (tertiary/aromatic N) is 4. The molecule has 1 fully saturated rings. The molecule has 0 amide bonds. The van der Waals surface area contributed by atoms with Gasteiger partial charge in [0.1, 0.15) is 12.2 Å². The zero-order valence-corrected chi connectivity index (χ0v) is 11.8. The zero-order valence-electron chi connectivity index (χ0n) is 11.8. The third-order valence-corrected chi connectivity index (χ3v) is 4.55. The van der Waals surface area contributed by atoms with E-state index >= 15 is 0 Å². The van der Waals surface area contributed by atoms with E-state index in [2.05, 4.69) is 28.8 Å². The lowest BCUT2D eigenvalue weighted by Crippen LogP contribution is -2.57. The van der Waals surface area contributed by atoms with Crippen LogP contribution in [-0.2, 0) is 13.5 Å². The van der Waals surface area contributed by atoms with Crippen LogP contribution in [0.1, 0.15) is 38.9 Å². The van der Waals surface area contributed by atoms with Crippen molar-refractivity contribution in [1.29, 1.82) is 0 Å². The fourth-order valence-corrected chi connectivity index (χ4v) is 2.87. The first kappa shape index (κ1) is 13.5. The van der Waals surface area contributed by atoms with E-state index in [0.29, 0.717) is 0 Å². The van der Waals surface area contributed by atoms with Crippen molar-refractivity contribution in [2.75, 3.05) is 13.1 Å². The van der Waals surface area contributed by atoms with Crippen LogP contribution in [0.15, 0.2) is 6.33 Å². The first-order valence-corrected chi connectivity index (χ1v) is 6.91. The minimum absolute atomic E-state index is 0.0719. The van der Waals surface area contributed by atoms with Crippen LogP contribution in [0.4, 0.5) is 0 Å². The van der Waals surface area contributed by atoms with Crippen molar-refractivity contribution in [2.45, 2.75) is 51.1 Å². The molecule has 5 nitrogen and oxygen atoms in total. The highest BCUT2D eigenvalue weighted by atomic mass is 15.3. The smallest absolute Gasteiger partial charge is 0.138 e. The fraction of sp³-hybridized carbons (Fsp3) is 0.846. The van der Waals surface area contributed by atoms with Crippen molar-refractivity contribution in [1.82, 2.24) is 19.7 Å². The van der Waals surface area contributed by atoms with Crippen molar-refractivity contribution in [3.8, 4) is 0 Å². The second-order valence-electron chi connectivity index (χ2n) is 5.52. The normalized spacial score (nSPS) is 22.0. The standard InChI is InChI=1S/C13H25N5/c1-4-13(2,18-7-5-6-8-18)11(14)9-12-15-10-16-17(12)3/h10-11H,4-9,14H2,1-3H3. The Labute approximate surface area is 109 Å². The van der Waals surface area contributed by atoms with Gasteiger partial charge in [0, 0.05) is 25.0 Å². The number of hydrogen-bond acceptors (Lipinski definition) is 4. The van der Waals surface area contributed by atoms with Crippen molar-refractivity contribution < 1.29 is 0 Å². The van der Waals surface area contributed by atoms with Gasteiger partial charge in [-0.05, 0) is 39.3 Å². The van der Waals surface area contributed by atoms with Crippen LogP contribution in [0, 0.1) is 0 Å². The van der Waals surface area contributed by atoms with Crippen LogP contribution in [0.25, 0.3) is 0 Å². The lowest BCUT2D eigenvalue weighted by molar-refractivity contribution is 0.0987. The molecule has 2 atom stereocenters. The summed E-state index contributed by atoms with van der Waals surface area (Å²) in [5, 5.41) is 4.11. The molecule has 1 aromatic heterocycles. The third-order valence-electron chi connectivity index (χ3n) is 4.55. The predicted molar refractivity (Wildman–Crippen MR) is 72.2 cm³/mol. The quantitative estimate of drug-likeness (QED) is 0.846. The van der Waals surface area contributed by atoms with Crippen LogP contribution in [-0.4, -0.2) is 44.3 Å². The van der Waals surface area contributed by atoms with E-state index in [-0.39, 0.29) is 11.6 Å². The van der Waals surface area contributed by atoms with Crippen molar-refractivity contribution in [2.24, 2.45) is 12.8 Å². The van der Waals surface area contributed by atoms with Gasteiger partial charge in [-0.15, -0.1) is 0 Å². The maximum atomic E-state index is 6.48. The van der Waals surface area contributed by atoms with Crippen molar-refractivity contribution in [3.63, 3.8) is 0 Å². The maximum absolute atomic E-state index is 6.48. The van der Waals surface area contributed by atoms with Gasteiger partial charge in [-0.1, -0.05) is 6.92 Å². The summed E-state index contributed by atoms with van der Waals surface area (Å²) in [6, 6.07) is 0.100. The lowest BCUT2D eigenvalue weighted by Gasteiger charge is -2.42. The van der Waals surface area contributed by atoms with Gasteiger partial charge in [-0.2, -0.15) is 5.10 Å². The van der Waals surface area contributed by atoms with E-state index in [9.17, 15) is 0 Å². The average molecular weight is 251 g/mol. The van der Waals surface area contributed by atoms with Gasteiger partial charge in [0.2, 0.25) is 0 Å². The molecule has 0 aliphatic carbocycles. The molecule has 102 valence electrons. The summed E-state index contributed by atoms with van der Waals surface area (Å²) >= 11 is 0. The van der Waals surface area contributed by atoms with Gasteiger partial charge in [0.05, 0.1) is 0 Å². The molecule has 2 unspecified atom stereocenters. The highest BCUT2D eigenvalue weighted by Crippen LogP contribution is 2.28. The summed E-state index contributed by atoms with van der Waals surface area (Å²) in [4.78, 5) is 6.83. The number of hydrogen-bond donors (Lipinski definition) is 1. The molecule has 0 bridgehead atoms. The Bertz CT molecular complexity index is 382. The molecule has 2 heterocycles. The van der Waals surface area contributed by atoms with Gasteiger partial charge < -0.3 is 5.73 Å². The predicted octanol–water partition coefficient (Wildman–Crippen LogP) is 0.949. The van der Waals surface area contributed by atoms with Crippen LogP contribution in [0.3, 0.4) is 0 Å². The minimum atomic E-state index is 0.0719. The Morgan fingerprint density at radius 1 is 1.44 bits per heavy atom. The molecular formula is C13H25N5. The summed E-state index contributed by atoms with van der Waals surface area (Å²) in [5.74, 6) is 0.973. The molecular weight excluding hydrogens is 226 g/mol. The van der Waals surface area contributed by atoms with Gasteiger partial charge in [0.15, 0.2) is 0 Å². The van der Waals surface area contributed by atoms with Gasteiger partial charge in [-0.25, -0.2) is 4.98 Å². The summed E-state index contributed by atoms with van der Waals surface area (Å²) in [5.41, 5.74) is 6.55. The van der Waals surface area contributed by atoms with Crippen LogP contribution >= 0.6 is 0 Å². The molecule has 1 aromatic rings. The molecule has 0 aromatic carbocycles. The molecule has 1 aliphatic heterocycles. The third kappa shape index (κ3) is 2.42. The highest BCUT2D eigenvalue weighted by Gasteiger charge is 2.37. The number of rotatable bonds is 5. The molecule has 0 saturated carbocycles. The molecule has 1 saturated heterocycles. The molecule has 5 heteroatoms. The Balaban J connectivity index is 2.09. The molecule has 2 N–H and O–H groups in total. The molecule has 0 spiro atoms. The van der Waals surface area contributed by atoms with E-state index in [1.54, 1.807) is 6.33 Å². The summed E-state index contributed by atoms with van der Waals surface area (Å²) in [6.45, 7) is 6.88. The number of aromatic nitrogens is 3. The van der Waals surface area contributed by atoms with E-state index in [1.165, 1.54) is 25.9 Å². The van der Waals surface area contributed by atoms with E-state index < -0.39 is 0 Å². The van der Waals surface area contributed by atoms with Crippen LogP contribution < -0.4 is 5.73 Å². The Morgan fingerprint density at radius 2 is 2.11 bits per heavy atom. The number of likely N-dealkylation sites (tertiary alicyclic amines) is 1.